The molecule has 25 heavy (non-hydrogen) atoms. The maximum atomic E-state index is 12.0. The zero-order valence-corrected chi connectivity index (χ0v) is 14.7. The highest BCUT2D eigenvalue weighted by atomic mass is 16.5. The predicted octanol–water partition coefficient (Wildman–Crippen LogP) is 1.54. The molecular weight excluding hydrogens is 318 g/mol. The average Bonchev–Trinajstić information content (AvgIpc) is 2.99. The largest absolute Gasteiger partial charge is 0.484 e. The second kappa shape index (κ2) is 7.51. The van der Waals surface area contributed by atoms with Gasteiger partial charge >= 0.3 is 0 Å². The lowest BCUT2D eigenvalue weighted by Gasteiger charge is -2.10. The second-order valence-corrected chi connectivity index (χ2v) is 6.49. The van der Waals surface area contributed by atoms with Crippen LogP contribution in [0.5, 0.6) is 5.75 Å². The lowest BCUT2D eigenvalue weighted by Crippen LogP contribution is -2.34. The molecule has 3 rings (SSSR count). The van der Waals surface area contributed by atoms with Crippen molar-refractivity contribution >= 4 is 5.91 Å². The van der Waals surface area contributed by atoms with Gasteiger partial charge in [0.2, 0.25) is 0 Å². The van der Waals surface area contributed by atoms with Crippen LogP contribution in [0, 0.1) is 13.8 Å². The van der Waals surface area contributed by atoms with Gasteiger partial charge < -0.3 is 10.1 Å². The maximum Gasteiger partial charge on any atom is 0.267 e. The average molecular weight is 341 g/mol. The third-order valence-corrected chi connectivity index (χ3v) is 4.23. The molecule has 0 saturated heterocycles. The fraction of sp³-hybridized carbons (Fsp3) is 0.421. The van der Waals surface area contributed by atoms with Gasteiger partial charge in [0, 0.05) is 12.6 Å². The Morgan fingerprint density at radius 1 is 1.20 bits per heavy atom. The minimum absolute atomic E-state index is 0.0462. The van der Waals surface area contributed by atoms with Crippen LogP contribution in [0.4, 0.5) is 0 Å². The number of carbonyl (C=O) groups is 1. The van der Waals surface area contributed by atoms with Crippen LogP contribution >= 0.6 is 0 Å². The van der Waals surface area contributed by atoms with Crippen LogP contribution in [-0.2, 0) is 24.2 Å². The molecule has 1 aliphatic carbocycles. The number of ether oxygens (including phenoxy) is 1. The van der Waals surface area contributed by atoms with Gasteiger partial charge in [0.1, 0.15) is 5.75 Å². The van der Waals surface area contributed by atoms with E-state index >= 15 is 0 Å². The summed E-state index contributed by atoms with van der Waals surface area (Å²) < 4.78 is 6.95. The molecule has 6 heteroatoms. The van der Waals surface area contributed by atoms with E-state index in [0.717, 1.165) is 41.6 Å². The fourth-order valence-corrected chi connectivity index (χ4v) is 3.12. The summed E-state index contributed by atoms with van der Waals surface area (Å²) in [4.78, 5) is 23.9. The molecule has 6 nitrogen and oxygen atoms in total. The van der Waals surface area contributed by atoms with Crippen molar-refractivity contribution in [3.63, 3.8) is 0 Å². The molecule has 132 valence electrons. The molecule has 2 aromatic rings. The van der Waals surface area contributed by atoms with Crippen molar-refractivity contribution in [2.45, 2.75) is 39.7 Å². The number of carbonyl (C=O) groups excluding carboxylic acids is 1. The van der Waals surface area contributed by atoms with Crippen molar-refractivity contribution in [1.82, 2.24) is 15.1 Å². The standard InChI is InChI=1S/C19H23N3O3/c1-13-8-14(2)10-16(9-13)25-12-18(23)20-6-7-22-19(24)11-15-4-3-5-17(15)21-22/h8-11H,3-7,12H2,1-2H3,(H,20,23). The van der Waals surface area contributed by atoms with E-state index in [2.05, 4.69) is 10.4 Å². The van der Waals surface area contributed by atoms with Gasteiger partial charge in [-0.1, -0.05) is 6.07 Å². The molecule has 0 fully saturated rings. The fourth-order valence-electron chi connectivity index (χ4n) is 3.12. The topological polar surface area (TPSA) is 73.2 Å². The Morgan fingerprint density at radius 2 is 1.96 bits per heavy atom. The van der Waals surface area contributed by atoms with E-state index in [-0.39, 0.29) is 18.1 Å². The molecule has 1 aromatic heterocycles. The van der Waals surface area contributed by atoms with Gasteiger partial charge in [-0.2, -0.15) is 5.10 Å². The lowest BCUT2D eigenvalue weighted by molar-refractivity contribution is -0.123. The van der Waals surface area contributed by atoms with Crippen LogP contribution in [-0.4, -0.2) is 28.8 Å². The van der Waals surface area contributed by atoms with Crippen LogP contribution in [0.2, 0.25) is 0 Å². The highest BCUT2D eigenvalue weighted by Crippen LogP contribution is 2.17. The van der Waals surface area contributed by atoms with E-state index in [0.29, 0.717) is 18.8 Å². The van der Waals surface area contributed by atoms with Crippen molar-refractivity contribution in [3.8, 4) is 5.75 Å². The molecule has 1 N–H and O–H groups in total. The number of rotatable bonds is 6. The number of benzene rings is 1. The number of fused-ring (bicyclic) bond motifs is 1. The Kier molecular flexibility index (Phi) is 5.16. The molecule has 1 amide bonds. The van der Waals surface area contributed by atoms with Crippen molar-refractivity contribution in [2.24, 2.45) is 0 Å². The van der Waals surface area contributed by atoms with E-state index in [9.17, 15) is 9.59 Å². The van der Waals surface area contributed by atoms with Gasteiger partial charge in [0.05, 0.1) is 12.2 Å². The van der Waals surface area contributed by atoms with Gasteiger partial charge in [-0.15, -0.1) is 0 Å². The Bertz CT molecular complexity index is 822. The Morgan fingerprint density at radius 3 is 2.72 bits per heavy atom. The molecule has 0 radical (unpaired) electrons. The summed E-state index contributed by atoms with van der Waals surface area (Å²) in [5, 5.41) is 7.15. The van der Waals surface area contributed by atoms with Crippen LogP contribution < -0.4 is 15.6 Å². The van der Waals surface area contributed by atoms with Gasteiger partial charge in [-0.3, -0.25) is 9.59 Å². The Balaban J connectivity index is 1.47. The second-order valence-electron chi connectivity index (χ2n) is 6.49. The van der Waals surface area contributed by atoms with Gasteiger partial charge in [0.25, 0.3) is 11.5 Å². The monoisotopic (exact) mass is 341 g/mol. The van der Waals surface area contributed by atoms with Crippen LogP contribution in [0.3, 0.4) is 0 Å². The molecular formula is C19H23N3O3. The molecule has 0 spiro atoms. The molecule has 1 aliphatic rings. The highest BCUT2D eigenvalue weighted by Gasteiger charge is 2.14. The zero-order valence-electron chi connectivity index (χ0n) is 14.7. The minimum atomic E-state index is -0.214. The third-order valence-electron chi connectivity index (χ3n) is 4.23. The van der Waals surface area contributed by atoms with Crippen molar-refractivity contribution in [2.75, 3.05) is 13.2 Å². The van der Waals surface area contributed by atoms with E-state index in [4.69, 9.17) is 4.74 Å². The first-order chi connectivity index (χ1) is 12.0. The number of amides is 1. The number of hydrogen-bond acceptors (Lipinski definition) is 4. The number of hydrogen-bond donors (Lipinski definition) is 1. The maximum absolute atomic E-state index is 12.0. The quantitative estimate of drug-likeness (QED) is 0.865. The predicted molar refractivity (Wildman–Crippen MR) is 94.9 cm³/mol. The molecule has 0 aliphatic heterocycles. The van der Waals surface area contributed by atoms with E-state index in [1.54, 1.807) is 6.07 Å². The lowest BCUT2D eigenvalue weighted by atomic mass is 10.1. The van der Waals surface area contributed by atoms with E-state index < -0.39 is 0 Å². The smallest absolute Gasteiger partial charge is 0.267 e. The van der Waals surface area contributed by atoms with Crippen LogP contribution in [0.1, 0.15) is 28.8 Å². The summed E-state index contributed by atoms with van der Waals surface area (Å²) >= 11 is 0. The molecule has 1 aromatic carbocycles. The number of nitrogens with one attached hydrogen (secondary N) is 1. The SMILES string of the molecule is Cc1cc(C)cc(OCC(=O)NCCn2nc3c(cc2=O)CCC3)c1. The summed E-state index contributed by atoms with van der Waals surface area (Å²) in [5.41, 5.74) is 4.15. The van der Waals surface area contributed by atoms with Crippen molar-refractivity contribution < 1.29 is 9.53 Å². The number of aromatic nitrogens is 2. The molecule has 0 unspecified atom stereocenters. The number of nitrogens with zero attached hydrogens (tertiary/aromatic N) is 2. The molecule has 0 bridgehead atoms. The summed E-state index contributed by atoms with van der Waals surface area (Å²) in [6.45, 7) is 4.64. The summed E-state index contributed by atoms with van der Waals surface area (Å²) in [5.74, 6) is 0.470. The van der Waals surface area contributed by atoms with Gasteiger partial charge in [0.15, 0.2) is 6.61 Å². The highest BCUT2D eigenvalue weighted by molar-refractivity contribution is 5.77. The zero-order chi connectivity index (χ0) is 17.8. The van der Waals surface area contributed by atoms with Crippen molar-refractivity contribution in [1.29, 1.82) is 0 Å². The number of aryl methyl sites for hydroxylation is 4. The van der Waals surface area contributed by atoms with Gasteiger partial charge in [-0.05, 0) is 61.9 Å². The van der Waals surface area contributed by atoms with Crippen LogP contribution in [0.15, 0.2) is 29.1 Å². The van der Waals surface area contributed by atoms with Crippen molar-refractivity contribution in [3.05, 3.63) is 57.0 Å². The normalized spacial score (nSPS) is 12.7. The minimum Gasteiger partial charge on any atom is -0.484 e. The summed E-state index contributed by atoms with van der Waals surface area (Å²) in [6, 6.07) is 7.51. The van der Waals surface area contributed by atoms with Gasteiger partial charge in [-0.25, -0.2) is 4.68 Å². The molecule has 0 atom stereocenters. The molecule has 1 heterocycles. The Hall–Kier alpha value is -2.63. The third kappa shape index (κ3) is 4.47. The molecule has 0 saturated carbocycles. The first-order valence-corrected chi connectivity index (χ1v) is 8.59. The first-order valence-electron chi connectivity index (χ1n) is 8.59. The van der Waals surface area contributed by atoms with E-state index in [1.165, 1.54) is 4.68 Å². The Labute approximate surface area is 146 Å². The summed E-state index contributed by atoms with van der Waals surface area (Å²) in [7, 11) is 0. The first kappa shape index (κ1) is 17.2. The van der Waals surface area contributed by atoms with Crippen LogP contribution in [0.25, 0.3) is 0 Å². The summed E-state index contributed by atoms with van der Waals surface area (Å²) in [6.07, 6.45) is 2.91. The van der Waals surface area contributed by atoms with E-state index in [1.807, 2.05) is 32.0 Å².